The molecule has 0 radical (unpaired) electrons. The van der Waals surface area contributed by atoms with E-state index in [0.717, 1.165) is 5.56 Å². The average Bonchev–Trinajstić information content (AvgIpc) is 2.97. The van der Waals surface area contributed by atoms with Crippen molar-refractivity contribution >= 4 is 23.8 Å². The van der Waals surface area contributed by atoms with Crippen molar-refractivity contribution in [2.24, 2.45) is 0 Å². The van der Waals surface area contributed by atoms with Crippen LogP contribution in [0, 0.1) is 0 Å². The molecule has 1 saturated heterocycles. The van der Waals surface area contributed by atoms with Crippen LogP contribution in [-0.2, 0) is 11.3 Å². The second-order valence-electron chi connectivity index (χ2n) is 4.09. The molecule has 1 N–H and O–H groups in total. The second-order valence-corrected chi connectivity index (χ2v) is 5.09. The Bertz CT molecular complexity index is 434. The predicted octanol–water partition coefficient (Wildman–Crippen LogP) is 1.29. The molecule has 1 atom stereocenters. The van der Waals surface area contributed by atoms with Gasteiger partial charge in [-0.2, -0.15) is 0 Å². The summed E-state index contributed by atoms with van der Waals surface area (Å²) in [6.07, 6.45) is 3.11. The molecule has 18 heavy (non-hydrogen) atoms. The van der Waals surface area contributed by atoms with Crippen molar-refractivity contribution in [3.63, 3.8) is 0 Å². The van der Waals surface area contributed by atoms with Gasteiger partial charge in [0.1, 0.15) is 6.04 Å². The van der Waals surface area contributed by atoms with Gasteiger partial charge in [-0.3, -0.25) is 0 Å². The Hall–Kier alpha value is -1.63. The van der Waals surface area contributed by atoms with Crippen molar-refractivity contribution in [1.82, 2.24) is 9.80 Å². The molecule has 98 valence electrons. The van der Waals surface area contributed by atoms with Gasteiger partial charge in [0, 0.05) is 18.4 Å². The molecule has 0 bridgehead atoms. The van der Waals surface area contributed by atoms with E-state index in [1.807, 2.05) is 0 Å². The van der Waals surface area contributed by atoms with Crippen LogP contribution in [0.15, 0.2) is 23.0 Å². The standard InChI is InChI=1S/C11H14N2O4S/c1-12(4-8-2-3-17-5-8)11(16)13-7-18-6-9(13)10(14)15/h2-3,5,9H,4,6-7H2,1H3,(H,14,15)/t9-/m0/s1. The fraction of sp³-hybridized carbons (Fsp3) is 0.455. The molecule has 1 aliphatic rings. The van der Waals surface area contributed by atoms with Crippen molar-refractivity contribution < 1.29 is 19.1 Å². The zero-order valence-corrected chi connectivity index (χ0v) is 10.7. The number of carbonyl (C=O) groups excluding carboxylic acids is 1. The first-order valence-electron chi connectivity index (χ1n) is 5.43. The Labute approximate surface area is 109 Å². The maximum Gasteiger partial charge on any atom is 0.327 e. The number of thioether (sulfide) groups is 1. The smallest absolute Gasteiger partial charge is 0.327 e. The molecule has 1 aromatic rings. The van der Waals surface area contributed by atoms with Gasteiger partial charge in [0.2, 0.25) is 0 Å². The number of urea groups is 1. The van der Waals surface area contributed by atoms with Crippen LogP contribution in [0.4, 0.5) is 4.79 Å². The van der Waals surface area contributed by atoms with Crippen LogP contribution in [0.5, 0.6) is 0 Å². The lowest BCUT2D eigenvalue weighted by Crippen LogP contribution is -2.47. The molecule has 2 heterocycles. The maximum atomic E-state index is 12.1. The topological polar surface area (TPSA) is 74.0 Å². The molecule has 1 aromatic heterocycles. The summed E-state index contributed by atoms with van der Waals surface area (Å²) in [5, 5.41) is 9.03. The normalized spacial score (nSPS) is 18.9. The molecule has 1 aliphatic heterocycles. The third-order valence-electron chi connectivity index (χ3n) is 2.74. The number of furan rings is 1. The van der Waals surface area contributed by atoms with Crippen molar-refractivity contribution in [2.45, 2.75) is 12.6 Å². The van der Waals surface area contributed by atoms with E-state index in [0.29, 0.717) is 18.2 Å². The van der Waals surface area contributed by atoms with Gasteiger partial charge in [0.05, 0.1) is 24.9 Å². The molecule has 0 saturated carbocycles. The van der Waals surface area contributed by atoms with Gasteiger partial charge in [-0.1, -0.05) is 0 Å². The van der Waals surface area contributed by atoms with Crippen LogP contribution in [0.3, 0.4) is 0 Å². The van der Waals surface area contributed by atoms with Gasteiger partial charge in [0.25, 0.3) is 0 Å². The van der Waals surface area contributed by atoms with E-state index in [2.05, 4.69) is 0 Å². The first kappa shape index (κ1) is 12.8. The predicted molar refractivity (Wildman–Crippen MR) is 66.2 cm³/mol. The first-order chi connectivity index (χ1) is 8.59. The van der Waals surface area contributed by atoms with Crippen molar-refractivity contribution in [1.29, 1.82) is 0 Å². The second kappa shape index (κ2) is 5.34. The van der Waals surface area contributed by atoms with Gasteiger partial charge in [0.15, 0.2) is 0 Å². The van der Waals surface area contributed by atoms with Crippen LogP contribution in [0.1, 0.15) is 5.56 Å². The Balaban J connectivity index is 1.99. The SMILES string of the molecule is CN(Cc1ccoc1)C(=O)N1CSC[C@H]1C(=O)O. The molecule has 0 aliphatic carbocycles. The molecule has 0 aromatic carbocycles. The minimum Gasteiger partial charge on any atom is -0.480 e. The highest BCUT2D eigenvalue weighted by atomic mass is 32.2. The summed E-state index contributed by atoms with van der Waals surface area (Å²) in [6, 6.07) is 0.778. The highest BCUT2D eigenvalue weighted by molar-refractivity contribution is 7.99. The van der Waals surface area contributed by atoms with Gasteiger partial charge < -0.3 is 19.3 Å². The molecule has 2 amide bonds. The lowest BCUT2D eigenvalue weighted by molar-refractivity contribution is -0.140. The summed E-state index contributed by atoms with van der Waals surface area (Å²) in [6.45, 7) is 0.406. The summed E-state index contributed by atoms with van der Waals surface area (Å²) >= 11 is 1.45. The zero-order valence-electron chi connectivity index (χ0n) is 9.91. The first-order valence-corrected chi connectivity index (χ1v) is 6.58. The molecular formula is C11H14N2O4S. The summed E-state index contributed by atoms with van der Waals surface area (Å²) in [5.41, 5.74) is 0.879. The highest BCUT2D eigenvalue weighted by Crippen LogP contribution is 2.22. The number of carboxylic acid groups (broad SMARTS) is 1. The lowest BCUT2D eigenvalue weighted by Gasteiger charge is -2.26. The zero-order chi connectivity index (χ0) is 13.1. The number of aliphatic carboxylic acids is 1. The Morgan fingerprint density at radius 2 is 2.44 bits per heavy atom. The molecule has 0 unspecified atom stereocenters. The van der Waals surface area contributed by atoms with E-state index in [4.69, 9.17) is 9.52 Å². The van der Waals surface area contributed by atoms with Crippen LogP contribution in [0.2, 0.25) is 0 Å². The van der Waals surface area contributed by atoms with Gasteiger partial charge >= 0.3 is 12.0 Å². The largest absolute Gasteiger partial charge is 0.480 e. The van der Waals surface area contributed by atoms with E-state index < -0.39 is 12.0 Å². The van der Waals surface area contributed by atoms with Crippen LogP contribution in [-0.4, -0.2) is 51.6 Å². The van der Waals surface area contributed by atoms with E-state index in [1.165, 1.54) is 21.6 Å². The summed E-state index contributed by atoms with van der Waals surface area (Å²) < 4.78 is 4.93. The van der Waals surface area contributed by atoms with Gasteiger partial charge in [-0.25, -0.2) is 9.59 Å². The van der Waals surface area contributed by atoms with Crippen LogP contribution >= 0.6 is 11.8 Å². The lowest BCUT2D eigenvalue weighted by atomic mass is 10.3. The fourth-order valence-corrected chi connectivity index (χ4v) is 2.92. The fourth-order valence-electron chi connectivity index (χ4n) is 1.78. The van der Waals surface area contributed by atoms with Gasteiger partial charge in [-0.05, 0) is 6.07 Å². The average molecular weight is 270 g/mol. The molecule has 1 fully saturated rings. The number of nitrogens with zero attached hydrogens (tertiary/aromatic N) is 2. The minimum absolute atomic E-state index is 0.270. The molecule has 7 heteroatoms. The van der Waals surface area contributed by atoms with Crippen molar-refractivity contribution in [3.05, 3.63) is 24.2 Å². The highest BCUT2D eigenvalue weighted by Gasteiger charge is 2.35. The number of hydrogen-bond acceptors (Lipinski definition) is 4. The van der Waals surface area contributed by atoms with E-state index in [-0.39, 0.29) is 6.03 Å². The van der Waals surface area contributed by atoms with Crippen molar-refractivity contribution in [2.75, 3.05) is 18.7 Å². The summed E-state index contributed by atoms with van der Waals surface area (Å²) in [4.78, 5) is 26.0. The number of amides is 2. The molecule has 0 spiro atoms. The van der Waals surface area contributed by atoms with Gasteiger partial charge in [-0.15, -0.1) is 11.8 Å². The van der Waals surface area contributed by atoms with Crippen LogP contribution in [0.25, 0.3) is 0 Å². The maximum absolute atomic E-state index is 12.1. The monoisotopic (exact) mass is 270 g/mol. The van der Waals surface area contributed by atoms with E-state index in [1.54, 1.807) is 25.6 Å². The Morgan fingerprint density at radius 3 is 3.06 bits per heavy atom. The van der Waals surface area contributed by atoms with Crippen molar-refractivity contribution in [3.8, 4) is 0 Å². The Kier molecular flexibility index (Phi) is 3.81. The Morgan fingerprint density at radius 1 is 1.67 bits per heavy atom. The summed E-state index contributed by atoms with van der Waals surface area (Å²) in [5.74, 6) is -0.0864. The molecule has 6 nitrogen and oxygen atoms in total. The third-order valence-corrected chi connectivity index (χ3v) is 3.75. The number of carboxylic acids is 1. The van der Waals surface area contributed by atoms with Crippen LogP contribution < -0.4 is 0 Å². The number of hydrogen-bond donors (Lipinski definition) is 1. The third kappa shape index (κ3) is 2.61. The minimum atomic E-state index is -0.954. The number of carbonyl (C=O) groups is 2. The summed E-state index contributed by atoms with van der Waals surface area (Å²) in [7, 11) is 1.65. The quantitative estimate of drug-likeness (QED) is 0.896. The molecule has 2 rings (SSSR count). The molecular weight excluding hydrogens is 256 g/mol. The van der Waals surface area contributed by atoms with E-state index in [9.17, 15) is 9.59 Å². The van der Waals surface area contributed by atoms with E-state index >= 15 is 0 Å². The number of rotatable bonds is 3.